The molecule has 0 spiro atoms. The van der Waals surface area contributed by atoms with Gasteiger partial charge < -0.3 is 20.4 Å². The van der Waals surface area contributed by atoms with E-state index in [1.165, 1.54) is 17.4 Å². The zero-order valence-electron chi connectivity index (χ0n) is 18.1. The van der Waals surface area contributed by atoms with Crippen LogP contribution in [0.1, 0.15) is 39.3 Å². The normalized spacial score (nSPS) is 18.5. The topological polar surface area (TPSA) is 81.8 Å². The van der Waals surface area contributed by atoms with Gasteiger partial charge in [0.1, 0.15) is 11.4 Å². The van der Waals surface area contributed by atoms with E-state index in [1.54, 1.807) is 21.9 Å². The lowest BCUT2D eigenvalue weighted by Gasteiger charge is -2.40. The first-order valence-electron chi connectivity index (χ1n) is 11.0. The van der Waals surface area contributed by atoms with E-state index in [0.29, 0.717) is 67.0 Å². The van der Waals surface area contributed by atoms with Crippen molar-refractivity contribution in [3.8, 4) is 0 Å². The molecule has 0 aliphatic carbocycles. The van der Waals surface area contributed by atoms with Gasteiger partial charge >= 0.3 is 0 Å². The second-order valence-corrected chi connectivity index (χ2v) is 10.4. The number of nitrogens with zero attached hydrogens (tertiary/aromatic N) is 2. The average molecular weight is 584 g/mol. The summed E-state index contributed by atoms with van der Waals surface area (Å²) in [5, 5.41) is 8.02. The molecule has 2 aliphatic rings. The molecular weight excluding hydrogens is 558 g/mol. The van der Waals surface area contributed by atoms with Crippen molar-refractivity contribution in [1.82, 2.24) is 20.4 Å². The van der Waals surface area contributed by atoms with Gasteiger partial charge in [0.2, 0.25) is 5.91 Å². The number of benzene rings is 1. The number of carbonyl (C=O) groups is 3. The SMILES string of the molecule is O=C(NC1(C(=O)N2CCCN(C(=O)c3cccs3)CC2)CCNCC1)c1c(F)cccc1I. The molecule has 2 fully saturated rings. The minimum atomic E-state index is -1.10. The Morgan fingerprint density at radius 3 is 2.45 bits per heavy atom. The molecule has 3 heterocycles. The molecule has 0 radical (unpaired) electrons. The Bertz CT molecular complexity index is 1010. The number of hydrogen-bond acceptors (Lipinski definition) is 5. The van der Waals surface area contributed by atoms with Gasteiger partial charge in [-0.2, -0.15) is 0 Å². The number of carbonyl (C=O) groups excluding carboxylic acids is 3. The fourth-order valence-electron chi connectivity index (χ4n) is 4.42. The van der Waals surface area contributed by atoms with Gasteiger partial charge in [0.15, 0.2) is 0 Å². The van der Waals surface area contributed by atoms with Crippen LogP contribution >= 0.6 is 33.9 Å². The van der Waals surface area contributed by atoms with E-state index < -0.39 is 17.3 Å². The molecule has 0 bridgehead atoms. The Morgan fingerprint density at radius 2 is 1.76 bits per heavy atom. The van der Waals surface area contributed by atoms with Crippen LogP contribution in [0.3, 0.4) is 0 Å². The van der Waals surface area contributed by atoms with Crippen LogP contribution < -0.4 is 10.6 Å². The Kier molecular flexibility index (Phi) is 7.65. The second kappa shape index (κ2) is 10.5. The van der Waals surface area contributed by atoms with Gasteiger partial charge in [-0.25, -0.2) is 4.39 Å². The summed E-state index contributed by atoms with van der Waals surface area (Å²) in [7, 11) is 0. The molecule has 2 aromatic rings. The maximum Gasteiger partial charge on any atom is 0.263 e. The zero-order valence-corrected chi connectivity index (χ0v) is 21.1. The lowest BCUT2D eigenvalue weighted by molar-refractivity contribution is -0.139. The van der Waals surface area contributed by atoms with Crippen LogP contribution in [-0.2, 0) is 4.79 Å². The number of thiophene rings is 1. The molecule has 2 aliphatic heterocycles. The van der Waals surface area contributed by atoms with Gasteiger partial charge in [-0.15, -0.1) is 11.3 Å². The fraction of sp³-hybridized carbons (Fsp3) is 0.435. The number of piperidine rings is 1. The van der Waals surface area contributed by atoms with Crippen molar-refractivity contribution < 1.29 is 18.8 Å². The molecule has 176 valence electrons. The number of hydrogen-bond donors (Lipinski definition) is 2. The van der Waals surface area contributed by atoms with Gasteiger partial charge in [-0.05, 0) is 78.5 Å². The highest BCUT2D eigenvalue weighted by Gasteiger charge is 2.44. The second-order valence-electron chi connectivity index (χ2n) is 8.30. The zero-order chi connectivity index (χ0) is 23.4. The summed E-state index contributed by atoms with van der Waals surface area (Å²) in [6, 6.07) is 8.14. The van der Waals surface area contributed by atoms with Crippen molar-refractivity contribution in [2.75, 3.05) is 39.3 Å². The van der Waals surface area contributed by atoms with E-state index >= 15 is 0 Å². The highest BCUT2D eigenvalue weighted by Crippen LogP contribution is 2.25. The fourth-order valence-corrected chi connectivity index (χ4v) is 5.82. The first kappa shape index (κ1) is 24.1. The van der Waals surface area contributed by atoms with E-state index in [9.17, 15) is 18.8 Å². The number of nitrogens with one attached hydrogen (secondary N) is 2. The van der Waals surface area contributed by atoms with Crippen LogP contribution in [0.4, 0.5) is 4.39 Å². The molecule has 2 N–H and O–H groups in total. The van der Waals surface area contributed by atoms with Crippen molar-refractivity contribution in [2.24, 2.45) is 0 Å². The first-order chi connectivity index (χ1) is 15.9. The maximum absolute atomic E-state index is 14.4. The predicted molar refractivity (Wildman–Crippen MR) is 133 cm³/mol. The van der Waals surface area contributed by atoms with Crippen LogP contribution in [0.2, 0.25) is 0 Å². The Labute approximate surface area is 209 Å². The average Bonchev–Trinajstić information content (AvgIpc) is 3.23. The summed E-state index contributed by atoms with van der Waals surface area (Å²) < 4.78 is 14.9. The molecule has 0 unspecified atom stereocenters. The van der Waals surface area contributed by atoms with Gasteiger partial charge in [0.25, 0.3) is 11.8 Å². The molecule has 7 nitrogen and oxygen atoms in total. The van der Waals surface area contributed by atoms with Crippen LogP contribution in [0.25, 0.3) is 0 Å². The van der Waals surface area contributed by atoms with Gasteiger partial charge in [0.05, 0.1) is 10.4 Å². The third-order valence-corrected chi connectivity index (χ3v) is 7.97. The van der Waals surface area contributed by atoms with E-state index in [0.717, 1.165) is 0 Å². The molecular formula is C23H26FIN4O3S. The number of amides is 3. The summed E-state index contributed by atoms with van der Waals surface area (Å²) in [6.45, 7) is 3.09. The summed E-state index contributed by atoms with van der Waals surface area (Å²) in [5.41, 5.74) is -1.13. The monoisotopic (exact) mass is 584 g/mol. The van der Waals surface area contributed by atoms with Gasteiger partial charge in [-0.1, -0.05) is 12.1 Å². The lowest BCUT2D eigenvalue weighted by atomic mass is 9.86. The van der Waals surface area contributed by atoms with E-state index in [4.69, 9.17) is 0 Å². The molecule has 4 rings (SSSR count). The number of rotatable bonds is 4. The third-order valence-electron chi connectivity index (χ3n) is 6.21. The third kappa shape index (κ3) is 5.22. The minimum Gasteiger partial charge on any atom is -0.339 e. The molecule has 33 heavy (non-hydrogen) atoms. The highest BCUT2D eigenvalue weighted by atomic mass is 127. The lowest BCUT2D eigenvalue weighted by Crippen LogP contribution is -2.64. The first-order valence-corrected chi connectivity index (χ1v) is 13.0. The Morgan fingerprint density at radius 1 is 1.03 bits per heavy atom. The van der Waals surface area contributed by atoms with Gasteiger partial charge in [-0.3, -0.25) is 14.4 Å². The van der Waals surface area contributed by atoms with Gasteiger partial charge in [0, 0.05) is 29.7 Å². The van der Waals surface area contributed by atoms with Crippen molar-refractivity contribution in [3.63, 3.8) is 0 Å². The van der Waals surface area contributed by atoms with E-state index in [-0.39, 0.29) is 17.4 Å². The molecule has 1 aromatic heterocycles. The highest BCUT2D eigenvalue weighted by molar-refractivity contribution is 14.1. The Hall–Kier alpha value is -2.05. The van der Waals surface area contributed by atoms with Crippen LogP contribution in [0, 0.1) is 9.39 Å². The summed E-state index contributed by atoms with van der Waals surface area (Å²) in [6.07, 6.45) is 1.52. The summed E-state index contributed by atoms with van der Waals surface area (Å²) in [4.78, 5) is 43.8. The van der Waals surface area contributed by atoms with Crippen molar-refractivity contribution in [1.29, 1.82) is 0 Å². The van der Waals surface area contributed by atoms with Crippen LogP contribution in [-0.4, -0.2) is 72.3 Å². The molecule has 0 saturated carbocycles. The molecule has 0 atom stereocenters. The number of halogens is 2. The summed E-state index contributed by atoms with van der Waals surface area (Å²) >= 11 is 3.34. The van der Waals surface area contributed by atoms with Crippen LogP contribution in [0.15, 0.2) is 35.7 Å². The van der Waals surface area contributed by atoms with E-state index in [2.05, 4.69) is 10.6 Å². The van der Waals surface area contributed by atoms with Crippen molar-refractivity contribution >= 4 is 51.6 Å². The summed E-state index contributed by atoms with van der Waals surface area (Å²) in [5.74, 6) is -1.35. The standard InChI is InChI=1S/C23H26FIN4O3S/c24-16-4-1-5-17(25)19(16)20(30)27-23(7-9-26-10-8-23)22(32)29-12-3-11-28(13-14-29)21(31)18-6-2-15-33-18/h1-2,4-6,15,26H,3,7-14H2,(H,27,30). The molecule has 2 saturated heterocycles. The van der Waals surface area contributed by atoms with Crippen LogP contribution in [0.5, 0.6) is 0 Å². The molecule has 10 heteroatoms. The molecule has 1 aromatic carbocycles. The van der Waals surface area contributed by atoms with Crippen molar-refractivity contribution in [2.45, 2.75) is 24.8 Å². The minimum absolute atomic E-state index is 0.0155. The Balaban J connectivity index is 1.50. The van der Waals surface area contributed by atoms with Crippen molar-refractivity contribution in [3.05, 3.63) is 55.5 Å². The largest absolute Gasteiger partial charge is 0.339 e. The quantitative estimate of drug-likeness (QED) is 0.542. The van der Waals surface area contributed by atoms with E-state index in [1.807, 2.05) is 40.1 Å². The maximum atomic E-state index is 14.4. The molecule has 3 amide bonds. The smallest absolute Gasteiger partial charge is 0.263 e. The predicted octanol–water partition coefficient (Wildman–Crippen LogP) is 2.72.